The number of rotatable bonds is 8. The largest absolute Gasteiger partial charge is 0.481 e. The fraction of sp³-hybridized carbons (Fsp3) is 0.375. The number of nitrogens with one attached hydrogen (secondary N) is 1. The number of ether oxygens (including phenoxy) is 1. The second kappa shape index (κ2) is 13.4. The van der Waals surface area contributed by atoms with E-state index in [9.17, 15) is 14.4 Å². The molecular formula is C40H42Br2N2O4. The number of Topliss-reactive ketones (excluding diaryl/α,β-unsaturated/α-hetero) is 2. The van der Waals surface area contributed by atoms with E-state index in [2.05, 4.69) is 94.0 Å². The summed E-state index contributed by atoms with van der Waals surface area (Å²) >= 11 is 7.40. The summed E-state index contributed by atoms with van der Waals surface area (Å²) in [5.74, 6) is -0.0811. The lowest BCUT2D eigenvalue weighted by molar-refractivity contribution is -0.120. The molecule has 0 unspecified atom stereocenters. The number of nitrogens with zero attached hydrogens (tertiary/aromatic N) is 1. The molecule has 0 saturated heterocycles. The van der Waals surface area contributed by atoms with E-state index < -0.39 is 5.92 Å². The van der Waals surface area contributed by atoms with Crippen LogP contribution in [0, 0.1) is 17.8 Å². The lowest BCUT2D eigenvalue weighted by Crippen LogP contribution is -2.45. The van der Waals surface area contributed by atoms with Gasteiger partial charge >= 0.3 is 0 Å². The van der Waals surface area contributed by atoms with Crippen LogP contribution in [0.2, 0.25) is 0 Å². The molecule has 0 spiro atoms. The Morgan fingerprint density at radius 1 is 0.833 bits per heavy atom. The summed E-state index contributed by atoms with van der Waals surface area (Å²) in [4.78, 5) is 43.6. The van der Waals surface area contributed by atoms with Crippen molar-refractivity contribution in [3.63, 3.8) is 0 Å². The van der Waals surface area contributed by atoms with E-state index in [1.54, 1.807) is 0 Å². The Hall–Kier alpha value is -3.49. The first-order valence-electron chi connectivity index (χ1n) is 16.5. The van der Waals surface area contributed by atoms with Crippen molar-refractivity contribution in [1.29, 1.82) is 0 Å². The molecular weight excluding hydrogens is 732 g/mol. The van der Waals surface area contributed by atoms with Crippen molar-refractivity contribution in [2.75, 3.05) is 18.5 Å². The lowest BCUT2D eigenvalue weighted by Gasteiger charge is -2.49. The van der Waals surface area contributed by atoms with Crippen molar-refractivity contribution in [2.24, 2.45) is 10.8 Å². The van der Waals surface area contributed by atoms with Gasteiger partial charge in [-0.15, -0.1) is 0 Å². The molecule has 0 saturated carbocycles. The number of aryl methyl sites for hydroxylation is 1. The van der Waals surface area contributed by atoms with Crippen molar-refractivity contribution in [3.05, 3.63) is 115 Å². The number of amides is 1. The lowest BCUT2D eigenvalue weighted by atomic mass is 9.63. The fourth-order valence-electron chi connectivity index (χ4n) is 7.46. The van der Waals surface area contributed by atoms with Gasteiger partial charge in [0.05, 0.1) is 8.95 Å². The molecule has 3 aliphatic rings. The first-order valence-corrected chi connectivity index (χ1v) is 18.1. The van der Waals surface area contributed by atoms with Crippen molar-refractivity contribution in [3.8, 4) is 5.75 Å². The Morgan fingerprint density at radius 3 is 1.94 bits per heavy atom. The molecule has 0 radical (unpaired) electrons. The maximum absolute atomic E-state index is 14.2. The number of allylic oxidation sites excluding steroid dienone is 4. The molecule has 0 fully saturated rings. The van der Waals surface area contributed by atoms with Crippen LogP contribution in [-0.4, -0.2) is 35.5 Å². The first-order chi connectivity index (χ1) is 22.7. The Balaban J connectivity index is 1.39. The number of hydrogen-bond acceptors (Lipinski definition) is 5. The third kappa shape index (κ3) is 7.11. The van der Waals surface area contributed by atoms with Crippen molar-refractivity contribution >= 4 is 55.0 Å². The molecule has 1 N–H and O–H groups in total. The Bertz CT molecular complexity index is 1780. The number of carbonyl (C=O) groups excluding carboxylic acids is 3. The van der Waals surface area contributed by atoms with E-state index >= 15 is 0 Å². The van der Waals surface area contributed by atoms with E-state index in [1.807, 2.05) is 49.4 Å². The molecule has 1 heterocycles. The van der Waals surface area contributed by atoms with Gasteiger partial charge in [-0.3, -0.25) is 14.4 Å². The van der Waals surface area contributed by atoms with Crippen molar-refractivity contribution in [1.82, 2.24) is 4.90 Å². The van der Waals surface area contributed by atoms with Crippen LogP contribution in [0.15, 0.2) is 98.2 Å². The van der Waals surface area contributed by atoms with E-state index in [-0.39, 0.29) is 34.9 Å². The predicted octanol–water partition coefficient (Wildman–Crippen LogP) is 9.47. The van der Waals surface area contributed by atoms with Gasteiger partial charge in [0.2, 0.25) is 0 Å². The van der Waals surface area contributed by atoms with Gasteiger partial charge in [0.15, 0.2) is 18.2 Å². The number of anilines is 1. The maximum Gasteiger partial charge on any atom is 0.262 e. The van der Waals surface area contributed by atoms with Gasteiger partial charge in [-0.05, 0) is 104 Å². The van der Waals surface area contributed by atoms with Crippen LogP contribution in [-0.2, 0) is 20.8 Å². The van der Waals surface area contributed by atoms with Crippen LogP contribution in [0.3, 0.4) is 0 Å². The number of ketones is 2. The molecule has 1 amide bonds. The van der Waals surface area contributed by atoms with Crippen LogP contribution >= 0.6 is 31.9 Å². The molecule has 3 aromatic rings. The van der Waals surface area contributed by atoms with Gasteiger partial charge in [0.25, 0.3) is 5.91 Å². The number of para-hydroxylation sites is 1. The number of carbonyl (C=O) groups is 3. The van der Waals surface area contributed by atoms with Gasteiger partial charge in [-0.25, -0.2) is 0 Å². The highest BCUT2D eigenvalue weighted by molar-refractivity contribution is 9.11. The summed E-state index contributed by atoms with van der Waals surface area (Å²) < 4.78 is 7.29. The summed E-state index contributed by atoms with van der Waals surface area (Å²) in [5, 5.41) is 2.91. The van der Waals surface area contributed by atoms with Gasteiger partial charge in [0, 0.05) is 53.5 Å². The monoisotopic (exact) mass is 772 g/mol. The summed E-state index contributed by atoms with van der Waals surface area (Å²) in [7, 11) is 0. The van der Waals surface area contributed by atoms with Crippen LogP contribution in [0.25, 0.3) is 0 Å². The number of benzene rings is 3. The molecule has 6 nitrogen and oxygen atoms in total. The van der Waals surface area contributed by atoms with E-state index in [0.29, 0.717) is 34.1 Å². The zero-order valence-electron chi connectivity index (χ0n) is 28.2. The molecule has 0 aromatic heterocycles. The predicted molar refractivity (Wildman–Crippen MR) is 197 cm³/mol. The Kier molecular flexibility index (Phi) is 9.62. The SMILES string of the molecule is Cc1ccccc1NC(=O)COc1c(Br)cc(C2C3=C(CC(C)(C)CC3=O)N(CCc3ccccc3)C3=C2C(=O)CC(C)(C)C3)cc1Br. The van der Waals surface area contributed by atoms with E-state index in [4.69, 9.17) is 4.74 Å². The van der Waals surface area contributed by atoms with Gasteiger partial charge in [0.1, 0.15) is 5.75 Å². The molecule has 0 atom stereocenters. The third-order valence-electron chi connectivity index (χ3n) is 9.61. The summed E-state index contributed by atoms with van der Waals surface area (Å²) in [6.07, 6.45) is 3.17. The summed E-state index contributed by atoms with van der Waals surface area (Å²) in [5.41, 5.74) is 6.93. The van der Waals surface area contributed by atoms with Crippen molar-refractivity contribution in [2.45, 2.75) is 72.6 Å². The normalized spacial score (nSPS) is 18.9. The Morgan fingerprint density at radius 2 is 1.38 bits per heavy atom. The van der Waals surface area contributed by atoms with E-state index in [0.717, 1.165) is 58.6 Å². The molecule has 0 bridgehead atoms. The maximum atomic E-state index is 14.2. The standard InChI is InChI=1S/C40H42Br2N2O4/c1-24-11-9-10-14-29(24)43-34(47)23-48-38-27(41)17-26(18-28(38)42)35-36-30(19-39(2,3)21-32(36)45)44(16-15-25-12-7-6-8-13-25)31-20-40(4,5)22-33(46)37(31)35/h6-14,17-18,35H,15-16,19-23H2,1-5H3,(H,43,47). The highest BCUT2D eigenvalue weighted by Crippen LogP contribution is 2.55. The second-order valence-corrected chi connectivity index (χ2v) is 16.6. The highest BCUT2D eigenvalue weighted by Gasteiger charge is 2.49. The Labute approximate surface area is 300 Å². The average molecular weight is 775 g/mol. The molecule has 8 heteroatoms. The molecule has 1 aliphatic heterocycles. The van der Waals surface area contributed by atoms with Crippen LogP contribution < -0.4 is 10.1 Å². The molecule has 2 aliphatic carbocycles. The quantitative estimate of drug-likeness (QED) is 0.247. The minimum atomic E-state index is -0.485. The van der Waals surface area contributed by atoms with Crippen LogP contribution in [0.5, 0.6) is 5.75 Å². The molecule has 48 heavy (non-hydrogen) atoms. The van der Waals surface area contributed by atoms with Gasteiger partial charge in [-0.1, -0.05) is 76.2 Å². The molecule has 6 rings (SSSR count). The number of halogens is 2. The third-order valence-corrected chi connectivity index (χ3v) is 10.8. The van der Waals surface area contributed by atoms with Crippen molar-refractivity contribution < 1.29 is 19.1 Å². The van der Waals surface area contributed by atoms with Crippen LogP contribution in [0.4, 0.5) is 5.69 Å². The second-order valence-electron chi connectivity index (χ2n) is 14.9. The average Bonchev–Trinajstić information content (AvgIpc) is 2.99. The summed E-state index contributed by atoms with van der Waals surface area (Å²) in [6, 6.07) is 21.9. The highest BCUT2D eigenvalue weighted by atomic mass is 79.9. The molecule has 250 valence electrons. The minimum Gasteiger partial charge on any atom is -0.481 e. The van der Waals surface area contributed by atoms with Crippen LogP contribution in [0.1, 0.15) is 76.0 Å². The smallest absolute Gasteiger partial charge is 0.262 e. The first kappa shape index (κ1) is 34.4. The van der Waals surface area contributed by atoms with E-state index in [1.165, 1.54) is 5.56 Å². The zero-order valence-corrected chi connectivity index (χ0v) is 31.4. The van der Waals surface area contributed by atoms with Gasteiger partial charge in [-0.2, -0.15) is 0 Å². The number of hydrogen-bond donors (Lipinski definition) is 1. The topological polar surface area (TPSA) is 75.7 Å². The van der Waals surface area contributed by atoms with Gasteiger partial charge < -0.3 is 15.0 Å². The molecule has 3 aromatic carbocycles. The summed E-state index contributed by atoms with van der Waals surface area (Å²) in [6.45, 7) is 11.1. The zero-order chi connectivity index (χ0) is 34.4. The fourth-order valence-corrected chi connectivity index (χ4v) is 8.91. The minimum absolute atomic E-state index is 0.0978.